The molecule has 29 heavy (non-hydrogen) atoms. The molecule has 0 radical (unpaired) electrons. The first-order chi connectivity index (χ1) is 13.8. The number of hydrogen-bond donors (Lipinski definition) is 2. The average Bonchev–Trinajstić information content (AvgIpc) is 2.68. The lowest BCUT2D eigenvalue weighted by molar-refractivity contribution is -0.119. The number of carbonyl (C=O) groups excluding carboxylic acids is 2. The van der Waals surface area contributed by atoms with Gasteiger partial charge in [-0.05, 0) is 24.1 Å². The van der Waals surface area contributed by atoms with Crippen molar-refractivity contribution in [2.45, 2.75) is 25.8 Å². The third-order valence-corrected chi connectivity index (χ3v) is 5.75. The molecule has 2 aromatic rings. The van der Waals surface area contributed by atoms with E-state index in [-0.39, 0.29) is 5.91 Å². The van der Waals surface area contributed by atoms with Crippen LogP contribution in [0.1, 0.15) is 41.7 Å². The van der Waals surface area contributed by atoms with Crippen molar-refractivity contribution in [3.05, 3.63) is 65.7 Å². The first-order valence-electron chi connectivity index (χ1n) is 9.41. The molecule has 0 saturated heterocycles. The van der Waals surface area contributed by atoms with E-state index >= 15 is 0 Å². The van der Waals surface area contributed by atoms with Crippen LogP contribution in [-0.4, -0.2) is 44.4 Å². The summed E-state index contributed by atoms with van der Waals surface area (Å²) in [4.78, 5) is 25.6. The van der Waals surface area contributed by atoms with Crippen LogP contribution in [0.2, 0.25) is 0 Å². The Labute approximate surface area is 172 Å². The molecule has 156 valence electrons. The zero-order valence-electron chi connectivity index (χ0n) is 16.9. The Kier molecular flexibility index (Phi) is 7.92. The van der Waals surface area contributed by atoms with E-state index in [2.05, 4.69) is 10.6 Å². The number of nitrogens with zero attached hydrogens (tertiary/aromatic N) is 1. The van der Waals surface area contributed by atoms with Crippen LogP contribution in [0.4, 0.5) is 5.69 Å². The summed E-state index contributed by atoms with van der Waals surface area (Å²) in [6.07, 6.45) is 2.86. The molecular weight excluding hydrogens is 390 g/mol. The van der Waals surface area contributed by atoms with Gasteiger partial charge in [-0.3, -0.25) is 9.59 Å². The van der Waals surface area contributed by atoms with Gasteiger partial charge >= 0.3 is 0 Å². The summed E-state index contributed by atoms with van der Waals surface area (Å²) in [5.74, 6) is -0.833. The minimum Gasteiger partial charge on any atom is -0.352 e. The first-order valence-corrected chi connectivity index (χ1v) is 11.3. The molecule has 0 bridgehead atoms. The number of nitrogens with one attached hydrogen (secondary N) is 2. The van der Waals surface area contributed by atoms with Gasteiger partial charge in [-0.1, -0.05) is 55.8 Å². The Balaban J connectivity index is 2.32. The normalized spacial score (nSPS) is 12.4. The third kappa shape index (κ3) is 6.13. The molecule has 8 heteroatoms. The lowest BCUT2D eigenvalue weighted by atomic mass is 10.1. The average molecular weight is 418 g/mol. The summed E-state index contributed by atoms with van der Waals surface area (Å²) in [5, 5.41) is 5.55. The molecule has 0 aliphatic rings. The number of anilines is 1. The third-order valence-electron chi connectivity index (χ3n) is 4.50. The fourth-order valence-electron chi connectivity index (χ4n) is 2.82. The maximum atomic E-state index is 13.1. The largest absolute Gasteiger partial charge is 0.352 e. The maximum Gasteiger partial charge on any atom is 0.253 e. The Hall–Kier alpha value is -2.71. The lowest BCUT2D eigenvalue weighted by Crippen LogP contribution is -2.38. The molecular formula is C21H27N3O4S. The van der Waals surface area contributed by atoms with Crippen molar-refractivity contribution < 1.29 is 18.0 Å². The van der Waals surface area contributed by atoms with Gasteiger partial charge in [-0.15, -0.1) is 0 Å². The van der Waals surface area contributed by atoms with Crippen molar-refractivity contribution >= 4 is 27.5 Å². The van der Waals surface area contributed by atoms with E-state index in [1.165, 1.54) is 7.05 Å². The molecule has 0 unspecified atom stereocenters. The molecule has 2 aromatic carbocycles. The van der Waals surface area contributed by atoms with Crippen molar-refractivity contribution in [2.24, 2.45) is 0 Å². The fourth-order valence-corrected chi connectivity index (χ4v) is 3.42. The van der Waals surface area contributed by atoms with Gasteiger partial charge in [0, 0.05) is 13.6 Å². The van der Waals surface area contributed by atoms with E-state index in [0.717, 1.165) is 23.4 Å². The van der Waals surface area contributed by atoms with Crippen molar-refractivity contribution in [1.82, 2.24) is 9.62 Å². The molecule has 0 fully saturated rings. The van der Waals surface area contributed by atoms with Gasteiger partial charge in [0.25, 0.3) is 5.91 Å². The summed E-state index contributed by atoms with van der Waals surface area (Å²) in [6.45, 7) is 2.57. The predicted molar refractivity (Wildman–Crippen MR) is 114 cm³/mol. The van der Waals surface area contributed by atoms with Crippen LogP contribution in [0.25, 0.3) is 0 Å². The molecule has 0 saturated carbocycles. The van der Waals surface area contributed by atoms with Gasteiger partial charge in [-0.25, -0.2) is 8.42 Å². The smallest absolute Gasteiger partial charge is 0.253 e. The molecule has 7 nitrogen and oxygen atoms in total. The molecule has 0 spiro atoms. The minimum atomic E-state index is -3.64. The van der Waals surface area contributed by atoms with Crippen molar-refractivity contribution in [3.63, 3.8) is 0 Å². The highest BCUT2D eigenvalue weighted by molar-refractivity contribution is 7.88. The second-order valence-corrected chi connectivity index (χ2v) is 8.78. The highest BCUT2D eigenvalue weighted by atomic mass is 32.2. The van der Waals surface area contributed by atoms with Gasteiger partial charge in [0.15, 0.2) is 0 Å². The lowest BCUT2D eigenvalue weighted by Gasteiger charge is -2.26. The van der Waals surface area contributed by atoms with E-state index in [4.69, 9.17) is 0 Å². The van der Waals surface area contributed by atoms with Gasteiger partial charge in [0.1, 0.15) is 6.04 Å². The Morgan fingerprint density at radius 3 is 2.28 bits per heavy atom. The maximum absolute atomic E-state index is 13.1. The van der Waals surface area contributed by atoms with Crippen molar-refractivity contribution in [3.8, 4) is 0 Å². The number of carbonyl (C=O) groups is 2. The molecule has 1 atom stereocenters. The number of amides is 2. The first kappa shape index (κ1) is 22.6. The van der Waals surface area contributed by atoms with Crippen LogP contribution in [0.15, 0.2) is 54.6 Å². The van der Waals surface area contributed by atoms with Crippen LogP contribution in [-0.2, 0) is 14.8 Å². The number of unbranched alkanes of at least 4 members (excludes halogenated alkanes) is 1. The van der Waals surface area contributed by atoms with Gasteiger partial charge in [-0.2, -0.15) is 4.31 Å². The van der Waals surface area contributed by atoms with Crippen LogP contribution >= 0.6 is 0 Å². The number of sulfonamides is 1. The Morgan fingerprint density at radius 2 is 1.66 bits per heavy atom. The zero-order chi connectivity index (χ0) is 21.4. The molecule has 2 amide bonds. The number of para-hydroxylation sites is 1. The van der Waals surface area contributed by atoms with E-state index in [9.17, 15) is 18.0 Å². The highest BCUT2D eigenvalue weighted by Crippen LogP contribution is 2.25. The summed E-state index contributed by atoms with van der Waals surface area (Å²) >= 11 is 0. The van der Waals surface area contributed by atoms with E-state index in [1.54, 1.807) is 54.6 Å². The Bertz CT molecular complexity index is 945. The summed E-state index contributed by atoms with van der Waals surface area (Å²) in [5.41, 5.74) is 1.18. The number of rotatable bonds is 9. The summed E-state index contributed by atoms with van der Waals surface area (Å²) in [7, 11) is -2.28. The second kappa shape index (κ2) is 10.2. The molecule has 0 heterocycles. The zero-order valence-corrected chi connectivity index (χ0v) is 17.7. The quantitative estimate of drug-likeness (QED) is 0.613. The molecule has 2 rings (SSSR count). The SMILES string of the molecule is CCCCNC(=O)c1ccccc1NC(=O)[C@@H](c1ccccc1)N(C)S(C)(=O)=O. The van der Waals surface area contributed by atoms with E-state index in [1.807, 2.05) is 6.92 Å². The molecule has 0 aliphatic heterocycles. The van der Waals surface area contributed by atoms with Gasteiger partial charge in [0.2, 0.25) is 15.9 Å². The van der Waals surface area contributed by atoms with Gasteiger partial charge in [0.05, 0.1) is 17.5 Å². The van der Waals surface area contributed by atoms with Crippen LogP contribution in [0, 0.1) is 0 Å². The van der Waals surface area contributed by atoms with E-state index < -0.39 is 22.0 Å². The summed E-state index contributed by atoms with van der Waals surface area (Å²) < 4.78 is 25.2. The predicted octanol–water partition coefficient (Wildman–Crippen LogP) is 2.79. The number of benzene rings is 2. The molecule has 0 aromatic heterocycles. The molecule has 0 aliphatic carbocycles. The van der Waals surface area contributed by atoms with Crippen LogP contribution < -0.4 is 10.6 Å². The topological polar surface area (TPSA) is 95.6 Å². The standard InChI is InChI=1S/C21H27N3O4S/c1-4-5-15-22-20(25)17-13-9-10-14-18(17)23-21(26)19(24(2)29(3,27)28)16-11-7-6-8-12-16/h6-14,19H,4-5,15H2,1-3H3,(H,22,25)(H,23,26)/t19-/m1/s1. The van der Waals surface area contributed by atoms with Crippen LogP contribution in [0.5, 0.6) is 0 Å². The minimum absolute atomic E-state index is 0.290. The second-order valence-electron chi connectivity index (χ2n) is 6.74. The van der Waals surface area contributed by atoms with Crippen molar-refractivity contribution in [1.29, 1.82) is 0 Å². The van der Waals surface area contributed by atoms with Crippen molar-refractivity contribution in [2.75, 3.05) is 25.2 Å². The summed E-state index contributed by atoms with van der Waals surface area (Å²) in [6, 6.07) is 14.2. The monoisotopic (exact) mass is 417 g/mol. The van der Waals surface area contributed by atoms with E-state index in [0.29, 0.717) is 23.4 Å². The van der Waals surface area contributed by atoms with Gasteiger partial charge < -0.3 is 10.6 Å². The highest BCUT2D eigenvalue weighted by Gasteiger charge is 2.31. The van der Waals surface area contributed by atoms with Crippen LogP contribution in [0.3, 0.4) is 0 Å². The Morgan fingerprint density at radius 1 is 1.03 bits per heavy atom. The number of hydrogen-bond acceptors (Lipinski definition) is 4. The number of likely N-dealkylation sites (N-methyl/N-ethyl adjacent to an activating group) is 1. The molecule has 2 N–H and O–H groups in total. The fraction of sp³-hybridized carbons (Fsp3) is 0.333.